The van der Waals surface area contributed by atoms with Crippen LogP contribution in [0.2, 0.25) is 0 Å². The number of imidazole rings is 1. The lowest BCUT2D eigenvalue weighted by Crippen LogP contribution is -2.26. The number of carbonyl (C=O) groups excluding carboxylic acids is 1. The number of nitrogens with one attached hydrogen (secondary N) is 1. The lowest BCUT2D eigenvalue weighted by atomic mass is 10.0. The second-order valence-corrected chi connectivity index (χ2v) is 7.32. The monoisotopic (exact) mass is 357 g/mol. The number of amides is 1. The molecule has 0 saturated heterocycles. The van der Waals surface area contributed by atoms with Crippen molar-refractivity contribution in [3.05, 3.63) is 53.4 Å². The van der Waals surface area contributed by atoms with Crippen LogP contribution in [0, 0.1) is 18.7 Å². The summed E-state index contributed by atoms with van der Waals surface area (Å²) in [5.74, 6) is 1.61. The van der Waals surface area contributed by atoms with Crippen molar-refractivity contribution in [2.24, 2.45) is 5.92 Å². The quantitative estimate of drug-likeness (QED) is 0.776. The van der Waals surface area contributed by atoms with Crippen molar-refractivity contribution < 1.29 is 9.18 Å². The van der Waals surface area contributed by atoms with Crippen molar-refractivity contribution in [2.45, 2.75) is 58.4 Å². The van der Waals surface area contributed by atoms with E-state index in [4.69, 9.17) is 0 Å². The molecule has 1 aliphatic carbocycles. The highest BCUT2D eigenvalue weighted by Crippen LogP contribution is 2.28. The Hall–Kier alpha value is -2.17. The third kappa shape index (κ3) is 5.16. The Morgan fingerprint density at radius 2 is 2.00 bits per heavy atom. The van der Waals surface area contributed by atoms with Crippen LogP contribution in [-0.2, 0) is 17.8 Å². The molecule has 1 saturated carbocycles. The number of nitrogens with zero attached hydrogens (tertiary/aromatic N) is 2. The fourth-order valence-electron chi connectivity index (χ4n) is 3.74. The summed E-state index contributed by atoms with van der Waals surface area (Å²) in [5, 5.41) is 3.02. The Morgan fingerprint density at radius 1 is 1.27 bits per heavy atom. The van der Waals surface area contributed by atoms with E-state index >= 15 is 0 Å². The van der Waals surface area contributed by atoms with Gasteiger partial charge in [0.05, 0.1) is 0 Å². The Morgan fingerprint density at radius 3 is 2.73 bits per heavy atom. The molecular weight excluding hydrogens is 329 g/mol. The third-order valence-corrected chi connectivity index (χ3v) is 5.32. The van der Waals surface area contributed by atoms with Crippen LogP contribution in [-0.4, -0.2) is 22.0 Å². The maximum Gasteiger partial charge on any atom is 0.220 e. The van der Waals surface area contributed by atoms with Crippen molar-refractivity contribution >= 4 is 5.91 Å². The molecule has 0 aliphatic heterocycles. The average Bonchev–Trinajstić information content (AvgIpc) is 3.27. The van der Waals surface area contributed by atoms with Crippen molar-refractivity contribution in [3.8, 4) is 0 Å². The summed E-state index contributed by atoms with van der Waals surface area (Å²) in [4.78, 5) is 16.5. The van der Waals surface area contributed by atoms with E-state index in [9.17, 15) is 9.18 Å². The molecule has 1 heterocycles. The minimum atomic E-state index is -0.225. The fraction of sp³-hybridized carbons (Fsp3) is 0.524. The van der Waals surface area contributed by atoms with Gasteiger partial charge in [0, 0.05) is 37.8 Å². The van der Waals surface area contributed by atoms with Crippen LogP contribution in [0.4, 0.5) is 4.39 Å². The van der Waals surface area contributed by atoms with E-state index in [1.54, 1.807) is 12.1 Å². The SMILES string of the molecule is Cc1cnc(CCNC(=O)CCC2CCCC2)n1Cc1ccc(F)cc1. The maximum absolute atomic E-state index is 13.1. The van der Waals surface area contributed by atoms with Gasteiger partial charge in [-0.3, -0.25) is 4.79 Å². The van der Waals surface area contributed by atoms with E-state index in [2.05, 4.69) is 14.9 Å². The molecule has 140 valence electrons. The second-order valence-electron chi connectivity index (χ2n) is 7.32. The largest absolute Gasteiger partial charge is 0.356 e. The molecule has 1 aromatic heterocycles. The van der Waals surface area contributed by atoms with E-state index in [0.29, 0.717) is 25.9 Å². The van der Waals surface area contributed by atoms with Gasteiger partial charge in [0.1, 0.15) is 11.6 Å². The molecule has 0 bridgehead atoms. The third-order valence-electron chi connectivity index (χ3n) is 5.32. The van der Waals surface area contributed by atoms with Crippen molar-refractivity contribution in [1.82, 2.24) is 14.9 Å². The van der Waals surface area contributed by atoms with Gasteiger partial charge >= 0.3 is 0 Å². The molecule has 0 atom stereocenters. The number of rotatable bonds is 8. The predicted octanol–water partition coefficient (Wildman–Crippen LogP) is 4.01. The highest BCUT2D eigenvalue weighted by atomic mass is 19.1. The summed E-state index contributed by atoms with van der Waals surface area (Å²) in [6.45, 7) is 3.28. The molecule has 5 heteroatoms. The minimum absolute atomic E-state index is 0.144. The summed E-state index contributed by atoms with van der Waals surface area (Å²) >= 11 is 0. The van der Waals surface area contributed by atoms with Crippen LogP contribution >= 0.6 is 0 Å². The van der Waals surface area contributed by atoms with E-state index in [0.717, 1.165) is 29.4 Å². The molecule has 0 spiro atoms. The average molecular weight is 357 g/mol. The van der Waals surface area contributed by atoms with Crippen LogP contribution in [0.1, 0.15) is 55.6 Å². The van der Waals surface area contributed by atoms with Gasteiger partial charge in [-0.05, 0) is 37.0 Å². The topological polar surface area (TPSA) is 46.9 Å². The lowest BCUT2D eigenvalue weighted by Gasteiger charge is -2.12. The second kappa shape index (κ2) is 8.97. The number of hydrogen-bond donors (Lipinski definition) is 1. The molecule has 1 N–H and O–H groups in total. The normalized spacial score (nSPS) is 14.7. The van der Waals surface area contributed by atoms with Gasteiger partial charge in [0.25, 0.3) is 0 Å². The van der Waals surface area contributed by atoms with Crippen LogP contribution in [0.25, 0.3) is 0 Å². The summed E-state index contributed by atoms with van der Waals surface area (Å²) < 4.78 is 15.2. The zero-order valence-corrected chi connectivity index (χ0v) is 15.5. The first-order chi connectivity index (χ1) is 12.6. The molecule has 4 nitrogen and oxygen atoms in total. The van der Waals surface area contributed by atoms with E-state index in [1.807, 2.05) is 13.1 Å². The predicted molar refractivity (Wildman–Crippen MR) is 100 cm³/mol. The summed E-state index contributed by atoms with van der Waals surface area (Å²) in [6.07, 6.45) is 9.41. The molecule has 3 rings (SSSR count). The first kappa shape index (κ1) is 18.6. The van der Waals surface area contributed by atoms with E-state index < -0.39 is 0 Å². The minimum Gasteiger partial charge on any atom is -0.356 e. The number of carbonyl (C=O) groups is 1. The van der Waals surface area contributed by atoms with Crippen LogP contribution in [0.15, 0.2) is 30.5 Å². The fourth-order valence-corrected chi connectivity index (χ4v) is 3.74. The molecule has 26 heavy (non-hydrogen) atoms. The number of benzene rings is 1. The van der Waals surface area contributed by atoms with Gasteiger partial charge in [0.15, 0.2) is 0 Å². The number of hydrogen-bond acceptors (Lipinski definition) is 2. The lowest BCUT2D eigenvalue weighted by molar-refractivity contribution is -0.121. The van der Waals surface area contributed by atoms with Crippen molar-refractivity contribution in [1.29, 1.82) is 0 Å². The molecular formula is C21H28FN3O. The molecule has 1 fully saturated rings. The van der Waals surface area contributed by atoms with Gasteiger partial charge in [0.2, 0.25) is 5.91 Å². The van der Waals surface area contributed by atoms with E-state index in [1.165, 1.54) is 37.8 Å². The Labute approximate surface area is 154 Å². The van der Waals surface area contributed by atoms with Gasteiger partial charge in [-0.2, -0.15) is 0 Å². The van der Waals surface area contributed by atoms with Gasteiger partial charge in [-0.25, -0.2) is 9.37 Å². The van der Waals surface area contributed by atoms with Gasteiger partial charge < -0.3 is 9.88 Å². The summed E-state index contributed by atoms with van der Waals surface area (Å²) in [5.41, 5.74) is 2.10. The van der Waals surface area contributed by atoms with Crippen LogP contribution in [0.3, 0.4) is 0 Å². The highest BCUT2D eigenvalue weighted by Gasteiger charge is 2.16. The van der Waals surface area contributed by atoms with Gasteiger partial charge in [-0.15, -0.1) is 0 Å². The molecule has 1 aromatic carbocycles. The maximum atomic E-state index is 13.1. The Kier molecular flexibility index (Phi) is 6.42. The van der Waals surface area contributed by atoms with Crippen molar-refractivity contribution in [3.63, 3.8) is 0 Å². The smallest absolute Gasteiger partial charge is 0.220 e. The number of aromatic nitrogens is 2. The molecule has 0 unspecified atom stereocenters. The first-order valence-electron chi connectivity index (χ1n) is 9.64. The Bertz CT molecular complexity index is 717. The van der Waals surface area contributed by atoms with Crippen LogP contribution in [0.5, 0.6) is 0 Å². The van der Waals surface area contributed by atoms with Gasteiger partial charge in [-0.1, -0.05) is 37.8 Å². The summed E-state index contributed by atoms with van der Waals surface area (Å²) in [6, 6.07) is 6.55. The molecule has 1 amide bonds. The molecule has 0 radical (unpaired) electrons. The zero-order valence-electron chi connectivity index (χ0n) is 15.5. The highest BCUT2D eigenvalue weighted by molar-refractivity contribution is 5.75. The molecule has 2 aromatic rings. The Balaban J connectivity index is 1.47. The summed E-state index contributed by atoms with van der Waals surface area (Å²) in [7, 11) is 0. The molecule has 1 aliphatic rings. The number of aryl methyl sites for hydroxylation is 1. The first-order valence-corrected chi connectivity index (χ1v) is 9.64. The zero-order chi connectivity index (χ0) is 18.4. The van der Waals surface area contributed by atoms with E-state index in [-0.39, 0.29) is 11.7 Å². The van der Waals surface area contributed by atoms with Crippen molar-refractivity contribution in [2.75, 3.05) is 6.54 Å². The van der Waals surface area contributed by atoms with Crippen LogP contribution < -0.4 is 5.32 Å². The number of halogens is 1. The standard InChI is InChI=1S/C21H28FN3O/c1-16-14-24-20(25(16)15-18-6-9-19(22)10-7-18)12-13-23-21(26)11-8-17-4-2-3-5-17/h6-7,9-10,14,17H,2-5,8,11-13,15H2,1H3,(H,23,26).